The van der Waals surface area contributed by atoms with E-state index < -0.39 is 6.09 Å². The third-order valence-corrected chi connectivity index (χ3v) is 1.53. The van der Waals surface area contributed by atoms with Crippen molar-refractivity contribution in [3.8, 4) is 0 Å². The topological polar surface area (TPSA) is 64.1 Å². The number of aromatic nitrogens is 2. The second kappa shape index (κ2) is 5.62. The molecular formula is C7H7Cl2N3O2. The summed E-state index contributed by atoms with van der Waals surface area (Å²) in [6.07, 6.45) is -0.623. The first-order chi connectivity index (χ1) is 6.72. The van der Waals surface area contributed by atoms with Crippen molar-refractivity contribution < 1.29 is 9.53 Å². The Balaban J connectivity index is 2.44. The van der Waals surface area contributed by atoms with Gasteiger partial charge >= 0.3 is 6.09 Å². The number of nitrogens with zero attached hydrogens (tertiary/aromatic N) is 2. The van der Waals surface area contributed by atoms with Crippen molar-refractivity contribution in [1.82, 2.24) is 10.2 Å². The molecule has 76 valence electrons. The van der Waals surface area contributed by atoms with E-state index in [9.17, 15) is 4.79 Å². The Morgan fingerprint density at radius 3 is 2.86 bits per heavy atom. The molecule has 0 atom stereocenters. The van der Waals surface area contributed by atoms with Crippen LogP contribution in [0.25, 0.3) is 0 Å². The largest absolute Gasteiger partial charge is 0.448 e. The zero-order valence-electron chi connectivity index (χ0n) is 7.04. The monoisotopic (exact) mass is 235 g/mol. The van der Waals surface area contributed by atoms with Gasteiger partial charge in [-0.15, -0.1) is 21.8 Å². The first-order valence-electron chi connectivity index (χ1n) is 3.71. The van der Waals surface area contributed by atoms with Gasteiger partial charge in [-0.3, -0.25) is 5.32 Å². The molecule has 1 aromatic heterocycles. The molecule has 1 amide bonds. The van der Waals surface area contributed by atoms with Crippen LogP contribution in [-0.4, -0.2) is 28.8 Å². The van der Waals surface area contributed by atoms with E-state index in [4.69, 9.17) is 23.2 Å². The number of anilines is 1. The molecule has 5 nitrogen and oxygen atoms in total. The molecule has 0 bridgehead atoms. The van der Waals surface area contributed by atoms with Gasteiger partial charge < -0.3 is 4.74 Å². The molecule has 0 aliphatic rings. The van der Waals surface area contributed by atoms with Crippen molar-refractivity contribution in [2.75, 3.05) is 17.8 Å². The molecule has 0 radical (unpaired) electrons. The number of hydrogen-bond donors (Lipinski definition) is 1. The van der Waals surface area contributed by atoms with E-state index in [2.05, 4.69) is 20.3 Å². The van der Waals surface area contributed by atoms with Crippen molar-refractivity contribution >= 4 is 35.1 Å². The lowest BCUT2D eigenvalue weighted by Gasteiger charge is -2.03. The van der Waals surface area contributed by atoms with Crippen molar-refractivity contribution in [3.63, 3.8) is 0 Å². The summed E-state index contributed by atoms with van der Waals surface area (Å²) in [4.78, 5) is 11.0. The SMILES string of the molecule is O=C(Nc1ccc(Cl)nn1)OCCCl. The Morgan fingerprint density at radius 2 is 2.29 bits per heavy atom. The number of hydrogen-bond acceptors (Lipinski definition) is 4. The number of alkyl halides is 1. The standard InChI is InChI=1S/C7H7Cl2N3O2/c8-3-4-14-7(13)10-6-2-1-5(9)11-12-6/h1-2H,3-4H2,(H,10,12,13). The third-order valence-electron chi connectivity index (χ3n) is 1.17. The van der Waals surface area contributed by atoms with Crippen LogP contribution in [-0.2, 0) is 4.74 Å². The van der Waals surface area contributed by atoms with Crippen LogP contribution >= 0.6 is 23.2 Å². The average molecular weight is 236 g/mol. The van der Waals surface area contributed by atoms with E-state index in [0.717, 1.165) is 0 Å². The number of carbonyl (C=O) groups is 1. The molecule has 0 fully saturated rings. The number of ether oxygens (including phenoxy) is 1. The fraction of sp³-hybridized carbons (Fsp3) is 0.286. The number of halogens is 2. The number of nitrogens with one attached hydrogen (secondary N) is 1. The smallest absolute Gasteiger partial charge is 0.412 e. The Labute approximate surface area is 90.4 Å². The molecule has 1 aromatic rings. The first kappa shape index (κ1) is 11.0. The summed E-state index contributed by atoms with van der Waals surface area (Å²) in [5.74, 6) is 0.522. The van der Waals surface area contributed by atoms with Crippen LogP contribution in [0.3, 0.4) is 0 Å². The average Bonchev–Trinajstić information content (AvgIpc) is 2.18. The first-order valence-corrected chi connectivity index (χ1v) is 4.62. The molecule has 1 heterocycles. The van der Waals surface area contributed by atoms with E-state index >= 15 is 0 Å². The van der Waals surface area contributed by atoms with E-state index in [1.807, 2.05) is 0 Å². The van der Waals surface area contributed by atoms with Gasteiger partial charge in [0.25, 0.3) is 0 Å². The lowest BCUT2D eigenvalue weighted by atomic mass is 10.5. The summed E-state index contributed by atoms with van der Waals surface area (Å²) in [6.45, 7) is 0.147. The highest BCUT2D eigenvalue weighted by molar-refractivity contribution is 6.29. The highest BCUT2D eigenvalue weighted by Crippen LogP contribution is 2.05. The highest BCUT2D eigenvalue weighted by atomic mass is 35.5. The minimum atomic E-state index is -0.623. The van der Waals surface area contributed by atoms with Crippen LogP contribution in [0.4, 0.5) is 10.6 Å². The highest BCUT2D eigenvalue weighted by Gasteiger charge is 2.03. The quantitative estimate of drug-likeness (QED) is 0.814. The maximum absolute atomic E-state index is 11.0. The molecule has 14 heavy (non-hydrogen) atoms. The van der Waals surface area contributed by atoms with E-state index in [1.165, 1.54) is 12.1 Å². The van der Waals surface area contributed by atoms with Crippen LogP contribution in [0.5, 0.6) is 0 Å². The molecule has 0 saturated carbocycles. The summed E-state index contributed by atoms with van der Waals surface area (Å²) in [7, 11) is 0. The van der Waals surface area contributed by atoms with Gasteiger partial charge in [0.2, 0.25) is 0 Å². The predicted octanol–water partition coefficient (Wildman–Crippen LogP) is 1.92. The fourth-order valence-electron chi connectivity index (χ4n) is 0.655. The predicted molar refractivity (Wildman–Crippen MR) is 52.7 cm³/mol. The molecule has 1 N–H and O–H groups in total. The Hall–Kier alpha value is -1.07. The molecule has 7 heteroatoms. The lowest BCUT2D eigenvalue weighted by molar-refractivity contribution is 0.168. The van der Waals surface area contributed by atoms with Crippen LogP contribution in [0, 0.1) is 0 Å². The minimum Gasteiger partial charge on any atom is -0.448 e. The molecular weight excluding hydrogens is 229 g/mol. The van der Waals surface area contributed by atoms with Crippen molar-refractivity contribution in [3.05, 3.63) is 17.3 Å². The maximum atomic E-state index is 11.0. The second-order valence-corrected chi connectivity index (χ2v) is 2.96. The molecule has 0 aliphatic carbocycles. The second-order valence-electron chi connectivity index (χ2n) is 2.19. The summed E-state index contributed by atoms with van der Waals surface area (Å²) in [5, 5.41) is 9.74. The summed E-state index contributed by atoms with van der Waals surface area (Å²) < 4.78 is 4.64. The fourth-order valence-corrected chi connectivity index (χ4v) is 0.833. The zero-order chi connectivity index (χ0) is 10.4. The number of rotatable bonds is 3. The van der Waals surface area contributed by atoms with E-state index in [1.54, 1.807) is 0 Å². The van der Waals surface area contributed by atoms with E-state index in [0.29, 0.717) is 0 Å². The van der Waals surface area contributed by atoms with Crippen molar-refractivity contribution in [2.24, 2.45) is 0 Å². The van der Waals surface area contributed by atoms with Crippen LogP contribution in [0.2, 0.25) is 5.15 Å². The van der Waals surface area contributed by atoms with Gasteiger partial charge in [-0.25, -0.2) is 4.79 Å². The Bertz CT molecular complexity index is 304. The minimum absolute atomic E-state index is 0.147. The molecule has 0 aliphatic heterocycles. The Morgan fingerprint density at radius 1 is 1.50 bits per heavy atom. The normalized spacial score (nSPS) is 9.57. The van der Waals surface area contributed by atoms with Gasteiger partial charge in [0, 0.05) is 0 Å². The molecule has 0 saturated heterocycles. The lowest BCUT2D eigenvalue weighted by Crippen LogP contribution is -2.15. The molecule has 1 rings (SSSR count). The maximum Gasteiger partial charge on any atom is 0.412 e. The zero-order valence-corrected chi connectivity index (χ0v) is 8.55. The summed E-state index contributed by atoms with van der Waals surface area (Å²) in [6, 6.07) is 3.02. The summed E-state index contributed by atoms with van der Waals surface area (Å²) >= 11 is 10.8. The Kier molecular flexibility index (Phi) is 4.42. The van der Waals surface area contributed by atoms with Crippen LogP contribution in [0.15, 0.2) is 12.1 Å². The van der Waals surface area contributed by atoms with Crippen molar-refractivity contribution in [2.45, 2.75) is 0 Å². The van der Waals surface area contributed by atoms with Crippen LogP contribution in [0.1, 0.15) is 0 Å². The van der Waals surface area contributed by atoms with Gasteiger partial charge in [0.05, 0.1) is 5.88 Å². The van der Waals surface area contributed by atoms with Gasteiger partial charge in [0.1, 0.15) is 6.61 Å². The van der Waals surface area contributed by atoms with E-state index in [-0.39, 0.29) is 23.5 Å². The molecule has 0 unspecified atom stereocenters. The summed E-state index contributed by atoms with van der Waals surface area (Å²) in [5.41, 5.74) is 0. The third kappa shape index (κ3) is 3.76. The molecule has 0 spiro atoms. The van der Waals surface area contributed by atoms with Gasteiger partial charge in [0.15, 0.2) is 11.0 Å². The number of carbonyl (C=O) groups excluding carboxylic acids is 1. The number of amides is 1. The van der Waals surface area contributed by atoms with Crippen LogP contribution < -0.4 is 5.32 Å². The van der Waals surface area contributed by atoms with Crippen molar-refractivity contribution in [1.29, 1.82) is 0 Å². The molecule has 0 aromatic carbocycles. The van der Waals surface area contributed by atoms with Gasteiger partial charge in [-0.05, 0) is 12.1 Å². The van der Waals surface area contributed by atoms with Gasteiger partial charge in [-0.2, -0.15) is 0 Å². The van der Waals surface area contributed by atoms with Gasteiger partial charge in [-0.1, -0.05) is 11.6 Å².